The van der Waals surface area contributed by atoms with Gasteiger partial charge in [0.15, 0.2) is 0 Å². The summed E-state index contributed by atoms with van der Waals surface area (Å²) in [5, 5.41) is 11.9. The molecule has 0 spiro atoms. The Bertz CT molecular complexity index is 612. The zero-order valence-corrected chi connectivity index (χ0v) is 11.3. The summed E-state index contributed by atoms with van der Waals surface area (Å²) in [5.74, 6) is -0.149. The second-order valence-corrected chi connectivity index (χ2v) is 4.70. The fourth-order valence-corrected chi connectivity index (χ4v) is 1.94. The summed E-state index contributed by atoms with van der Waals surface area (Å²) in [7, 11) is 0. The number of carbonyl (C=O) groups is 1. The lowest BCUT2D eigenvalue weighted by Crippen LogP contribution is -2.28. The molecule has 2 aromatic carbocycles. The van der Waals surface area contributed by atoms with E-state index in [9.17, 15) is 4.79 Å². The topological polar surface area (TPSA) is 52.9 Å². The quantitative estimate of drug-likeness (QED) is 0.923. The molecule has 0 heterocycles. The standard InChI is InChI=1S/C17H16N2O/c1-13-7-9-14(10-8-13)11-17(20)19-16(12-18)15-5-3-2-4-6-15/h2-10,16H,11H2,1H3,(H,19,20). The fourth-order valence-electron chi connectivity index (χ4n) is 1.94. The first-order valence-electron chi connectivity index (χ1n) is 6.48. The summed E-state index contributed by atoms with van der Waals surface area (Å²) in [6.45, 7) is 2.00. The van der Waals surface area contributed by atoms with Crippen molar-refractivity contribution in [3.8, 4) is 6.07 Å². The Morgan fingerprint density at radius 3 is 2.40 bits per heavy atom. The molecule has 1 amide bonds. The van der Waals surface area contributed by atoms with E-state index < -0.39 is 6.04 Å². The summed E-state index contributed by atoms with van der Waals surface area (Å²) in [6.07, 6.45) is 0.283. The van der Waals surface area contributed by atoms with Gasteiger partial charge in [-0.05, 0) is 18.1 Å². The van der Waals surface area contributed by atoms with E-state index in [1.807, 2.05) is 61.5 Å². The molecule has 1 unspecified atom stereocenters. The van der Waals surface area contributed by atoms with Crippen molar-refractivity contribution in [1.29, 1.82) is 5.26 Å². The van der Waals surface area contributed by atoms with Crippen molar-refractivity contribution in [1.82, 2.24) is 5.32 Å². The highest BCUT2D eigenvalue weighted by Crippen LogP contribution is 2.12. The Kier molecular flexibility index (Phi) is 4.52. The van der Waals surface area contributed by atoms with Crippen molar-refractivity contribution in [3.05, 3.63) is 71.3 Å². The second-order valence-electron chi connectivity index (χ2n) is 4.70. The summed E-state index contributed by atoms with van der Waals surface area (Å²) >= 11 is 0. The Morgan fingerprint density at radius 2 is 1.80 bits per heavy atom. The zero-order chi connectivity index (χ0) is 14.4. The summed E-state index contributed by atoms with van der Waals surface area (Å²) in [5.41, 5.74) is 2.90. The van der Waals surface area contributed by atoms with Crippen molar-refractivity contribution in [2.24, 2.45) is 0 Å². The Morgan fingerprint density at radius 1 is 1.15 bits per heavy atom. The molecule has 1 N–H and O–H groups in total. The number of hydrogen-bond donors (Lipinski definition) is 1. The molecule has 0 aliphatic rings. The molecule has 2 rings (SSSR count). The van der Waals surface area contributed by atoms with Gasteiger partial charge in [0.1, 0.15) is 6.04 Å². The lowest BCUT2D eigenvalue weighted by atomic mass is 10.1. The average Bonchev–Trinajstić information content (AvgIpc) is 2.48. The molecule has 0 saturated heterocycles. The number of nitriles is 1. The van der Waals surface area contributed by atoms with Crippen LogP contribution in [0.3, 0.4) is 0 Å². The van der Waals surface area contributed by atoms with Gasteiger partial charge in [-0.15, -0.1) is 0 Å². The van der Waals surface area contributed by atoms with Gasteiger partial charge in [0, 0.05) is 0 Å². The van der Waals surface area contributed by atoms with E-state index in [0.717, 1.165) is 16.7 Å². The molecule has 0 fully saturated rings. The van der Waals surface area contributed by atoms with Crippen LogP contribution in [0.1, 0.15) is 22.7 Å². The van der Waals surface area contributed by atoms with E-state index in [0.29, 0.717) is 0 Å². The fraction of sp³-hybridized carbons (Fsp3) is 0.176. The van der Waals surface area contributed by atoms with Gasteiger partial charge in [0.05, 0.1) is 12.5 Å². The van der Waals surface area contributed by atoms with Crippen LogP contribution in [0.25, 0.3) is 0 Å². The number of benzene rings is 2. The van der Waals surface area contributed by atoms with E-state index in [1.54, 1.807) is 0 Å². The van der Waals surface area contributed by atoms with Crippen molar-refractivity contribution in [3.63, 3.8) is 0 Å². The number of nitrogens with zero attached hydrogens (tertiary/aromatic N) is 1. The third-order valence-electron chi connectivity index (χ3n) is 3.05. The molecule has 0 bridgehead atoms. The lowest BCUT2D eigenvalue weighted by molar-refractivity contribution is -0.120. The van der Waals surface area contributed by atoms with Crippen molar-refractivity contribution in [2.75, 3.05) is 0 Å². The third-order valence-corrected chi connectivity index (χ3v) is 3.05. The van der Waals surface area contributed by atoms with Gasteiger partial charge in [0.25, 0.3) is 0 Å². The van der Waals surface area contributed by atoms with Crippen LogP contribution in [0.15, 0.2) is 54.6 Å². The average molecular weight is 264 g/mol. The van der Waals surface area contributed by atoms with Gasteiger partial charge in [0.2, 0.25) is 5.91 Å². The summed E-state index contributed by atoms with van der Waals surface area (Å²) < 4.78 is 0. The Hall–Kier alpha value is -2.60. The highest BCUT2D eigenvalue weighted by molar-refractivity contribution is 5.79. The maximum absolute atomic E-state index is 12.0. The van der Waals surface area contributed by atoms with Crippen molar-refractivity contribution in [2.45, 2.75) is 19.4 Å². The monoisotopic (exact) mass is 264 g/mol. The smallest absolute Gasteiger partial charge is 0.225 e. The number of aryl methyl sites for hydroxylation is 1. The molecule has 0 aliphatic heterocycles. The Labute approximate surface area is 118 Å². The number of rotatable bonds is 4. The molecule has 0 saturated carbocycles. The summed E-state index contributed by atoms with van der Waals surface area (Å²) in [6, 6.07) is 18.6. The van der Waals surface area contributed by atoms with E-state index in [2.05, 4.69) is 11.4 Å². The summed E-state index contributed by atoms with van der Waals surface area (Å²) in [4.78, 5) is 12.0. The molecule has 0 aliphatic carbocycles. The predicted octanol–water partition coefficient (Wildman–Crippen LogP) is 2.92. The van der Waals surface area contributed by atoms with Crippen molar-refractivity contribution < 1.29 is 4.79 Å². The number of hydrogen-bond acceptors (Lipinski definition) is 2. The Balaban J connectivity index is 2.00. The number of nitrogens with one attached hydrogen (secondary N) is 1. The second kappa shape index (κ2) is 6.53. The molecule has 3 heteroatoms. The molecule has 1 atom stereocenters. The van der Waals surface area contributed by atoms with E-state index in [1.165, 1.54) is 0 Å². The number of carbonyl (C=O) groups excluding carboxylic acids is 1. The molecule has 100 valence electrons. The molecule has 2 aromatic rings. The first-order chi connectivity index (χ1) is 9.69. The van der Waals surface area contributed by atoms with E-state index in [4.69, 9.17) is 5.26 Å². The minimum Gasteiger partial charge on any atom is -0.336 e. The normalized spacial score (nSPS) is 11.4. The predicted molar refractivity (Wildman–Crippen MR) is 77.8 cm³/mol. The number of amides is 1. The largest absolute Gasteiger partial charge is 0.336 e. The van der Waals surface area contributed by atoms with Crippen LogP contribution >= 0.6 is 0 Å². The van der Waals surface area contributed by atoms with Crippen LogP contribution in [-0.2, 0) is 11.2 Å². The first-order valence-corrected chi connectivity index (χ1v) is 6.48. The van der Waals surface area contributed by atoms with Crippen LogP contribution in [0.4, 0.5) is 0 Å². The minimum absolute atomic E-state index is 0.149. The van der Waals surface area contributed by atoms with Crippen LogP contribution in [0, 0.1) is 18.3 Å². The van der Waals surface area contributed by atoms with Crippen LogP contribution in [-0.4, -0.2) is 5.91 Å². The molecule has 20 heavy (non-hydrogen) atoms. The molecular formula is C17H16N2O. The molecule has 0 aromatic heterocycles. The van der Waals surface area contributed by atoms with Crippen molar-refractivity contribution >= 4 is 5.91 Å². The maximum Gasteiger partial charge on any atom is 0.225 e. The first kappa shape index (κ1) is 13.8. The zero-order valence-electron chi connectivity index (χ0n) is 11.3. The van der Waals surface area contributed by atoms with Crippen LogP contribution < -0.4 is 5.32 Å². The van der Waals surface area contributed by atoms with Gasteiger partial charge in [-0.3, -0.25) is 4.79 Å². The van der Waals surface area contributed by atoms with Gasteiger partial charge >= 0.3 is 0 Å². The minimum atomic E-state index is -0.603. The van der Waals surface area contributed by atoms with Gasteiger partial charge < -0.3 is 5.32 Å². The van der Waals surface area contributed by atoms with E-state index >= 15 is 0 Å². The molecule has 3 nitrogen and oxygen atoms in total. The molecular weight excluding hydrogens is 248 g/mol. The van der Waals surface area contributed by atoms with Gasteiger partial charge in [-0.1, -0.05) is 60.2 Å². The van der Waals surface area contributed by atoms with Gasteiger partial charge in [-0.25, -0.2) is 0 Å². The SMILES string of the molecule is Cc1ccc(CC(=O)NC(C#N)c2ccccc2)cc1. The highest BCUT2D eigenvalue weighted by Gasteiger charge is 2.13. The lowest BCUT2D eigenvalue weighted by Gasteiger charge is -2.12. The van der Waals surface area contributed by atoms with Crippen LogP contribution in [0.2, 0.25) is 0 Å². The van der Waals surface area contributed by atoms with Crippen LogP contribution in [0.5, 0.6) is 0 Å². The molecule has 0 radical (unpaired) electrons. The maximum atomic E-state index is 12.0. The van der Waals surface area contributed by atoms with Gasteiger partial charge in [-0.2, -0.15) is 5.26 Å². The highest BCUT2D eigenvalue weighted by atomic mass is 16.1. The third kappa shape index (κ3) is 3.69. The van der Waals surface area contributed by atoms with E-state index in [-0.39, 0.29) is 12.3 Å².